The predicted molar refractivity (Wildman–Crippen MR) is 153 cm³/mol. The lowest BCUT2D eigenvalue weighted by Gasteiger charge is -2.07. The van der Waals surface area contributed by atoms with Gasteiger partial charge in [0.05, 0.1) is 16.4 Å². The van der Waals surface area contributed by atoms with Crippen LogP contribution in [0.4, 0.5) is 0 Å². The third-order valence-corrected chi connectivity index (χ3v) is 7.13. The lowest BCUT2D eigenvalue weighted by Crippen LogP contribution is -2.34. The maximum atomic E-state index is 2.40. The van der Waals surface area contributed by atoms with Gasteiger partial charge < -0.3 is 4.57 Å². The smallest absolute Gasteiger partial charge is 0.213 e. The summed E-state index contributed by atoms with van der Waals surface area (Å²) in [6, 6.07) is 37.1. The van der Waals surface area contributed by atoms with Crippen LogP contribution in [-0.2, 0) is 6.54 Å². The summed E-state index contributed by atoms with van der Waals surface area (Å²) < 4.78 is 4.76. The molecule has 0 atom stereocenters. The number of unbranched alkanes of at least 4 members (excludes halogenated alkanes) is 2. The second-order valence-corrected chi connectivity index (χ2v) is 9.49. The first kappa shape index (κ1) is 22.3. The van der Waals surface area contributed by atoms with E-state index in [1.807, 2.05) is 0 Å². The SMILES string of the molecule is CCCCC[n+]1ccc(/C=C/c2ccc3c(c2)c2ccccc2n3-c2ccccc2)c2ccccc21. The molecule has 4 aromatic carbocycles. The van der Waals surface area contributed by atoms with E-state index in [1.165, 1.54) is 68.8 Å². The van der Waals surface area contributed by atoms with Gasteiger partial charge >= 0.3 is 0 Å². The molecule has 6 aromatic rings. The van der Waals surface area contributed by atoms with E-state index in [1.54, 1.807) is 0 Å². The van der Waals surface area contributed by atoms with Crippen LogP contribution in [0.5, 0.6) is 0 Å². The largest absolute Gasteiger partial charge is 0.309 e. The first-order chi connectivity index (χ1) is 17.8. The van der Waals surface area contributed by atoms with Crippen molar-refractivity contribution in [1.82, 2.24) is 4.57 Å². The molecule has 2 nitrogen and oxygen atoms in total. The highest BCUT2D eigenvalue weighted by atomic mass is 15.0. The Morgan fingerprint density at radius 2 is 1.42 bits per heavy atom. The van der Waals surface area contributed by atoms with E-state index in [9.17, 15) is 0 Å². The highest BCUT2D eigenvalue weighted by Crippen LogP contribution is 2.33. The van der Waals surface area contributed by atoms with E-state index in [2.05, 4.69) is 138 Å². The maximum absolute atomic E-state index is 2.40. The number of hydrogen-bond acceptors (Lipinski definition) is 0. The molecule has 176 valence electrons. The topological polar surface area (TPSA) is 8.81 Å². The predicted octanol–water partition coefficient (Wildman–Crippen LogP) is 8.59. The van der Waals surface area contributed by atoms with Crippen LogP contribution < -0.4 is 4.57 Å². The summed E-state index contributed by atoms with van der Waals surface area (Å²) >= 11 is 0. The number of aromatic nitrogens is 2. The molecule has 0 amide bonds. The summed E-state index contributed by atoms with van der Waals surface area (Å²) in [6.07, 6.45) is 10.5. The van der Waals surface area contributed by atoms with Crippen LogP contribution in [0.1, 0.15) is 37.3 Å². The van der Waals surface area contributed by atoms with Crippen molar-refractivity contribution in [3.63, 3.8) is 0 Å². The van der Waals surface area contributed by atoms with E-state index >= 15 is 0 Å². The number of fused-ring (bicyclic) bond motifs is 4. The quantitative estimate of drug-likeness (QED) is 0.164. The zero-order chi connectivity index (χ0) is 24.3. The Labute approximate surface area is 212 Å². The van der Waals surface area contributed by atoms with Crippen molar-refractivity contribution in [3.05, 3.63) is 120 Å². The first-order valence-electron chi connectivity index (χ1n) is 13.0. The molecular weight excluding hydrogens is 436 g/mol. The van der Waals surface area contributed by atoms with Crippen molar-refractivity contribution in [2.45, 2.75) is 32.7 Å². The van der Waals surface area contributed by atoms with Crippen LogP contribution in [0.15, 0.2) is 109 Å². The number of aryl methyl sites for hydroxylation is 1. The highest BCUT2D eigenvalue weighted by molar-refractivity contribution is 6.10. The Bertz CT molecular complexity index is 1690. The molecule has 0 aliphatic heterocycles. The lowest BCUT2D eigenvalue weighted by molar-refractivity contribution is -0.671. The number of rotatable bonds is 7. The molecule has 0 N–H and O–H groups in total. The molecule has 0 aliphatic carbocycles. The van der Waals surface area contributed by atoms with Crippen molar-refractivity contribution in [1.29, 1.82) is 0 Å². The number of nitrogens with zero attached hydrogens (tertiary/aromatic N) is 2. The molecule has 0 saturated carbocycles. The monoisotopic (exact) mass is 467 g/mol. The van der Waals surface area contributed by atoms with E-state index in [4.69, 9.17) is 0 Å². The number of hydrogen-bond donors (Lipinski definition) is 0. The van der Waals surface area contributed by atoms with E-state index in [0.717, 1.165) is 6.54 Å². The summed E-state index contributed by atoms with van der Waals surface area (Å²) in [5.41, 5.74) is 7.43. The standard InChI is InChI=1S/C34H31N2/c1-2-3-11-23-35-24-22-27(29-14-7-9-16-32(29)35)20-18-26-19-21-34-31(25-26)30-15-8-10-17-33(30)36(34)28-12-5-4-6-13-28/h4-10,12-22,24-25H,2-3,11,23H2,1H3/q+1. The molecule has 0 saturated heterocycles. The number of pyridine rings is 1. The molecule has 0 fully saturated rings. The summed E-state index contributed by atoms with van der Waals surface area (Å²) in [6.45, 7) is 3.33. The zero-order valence-corrected chi connectivity index (χ0v) is 20.8. The van der Waals surface area contributed by atoms with Gasteiger partial charge in [0.1, 0.15) is 6.54 Å². The molecule has 0 radical (unpaired) electrons. The van der Waals surface area contributed by atoms with Crippen molar-refractivity contribution < 1.29 is 4.57 Å². The first-order valence-corrected chi connectivity index (χ1v) is 13.0. The van der Waals surface area contributed by atoms with Gasteiger partial charge in [-0.3, -0.25) is 0 Å². The Balaban J connectivity index is 1.41. The van der Waals surface area contributed by atoms with Crippen LogP contribution in [0.25, 0.3) is 50.5 Å². The maximum Gasteiger partial charge on any atom is 0.213 e. The third kappa shape index (κ3) is 4.09. The van der Waals surface area contributed by atoms with E-state index < -0.39 is 0 Å². The number of benzene rings is 4. The van der Waals surface area contributed by atoms with Crippen molar-refractivity contribution in [2.24, 2.45) is 0 Å². The molecule has 0 spiro atoms. The van der Waals surface area contributed by atoms with Crippen molar-refractivity contribution >= 4 is 44.9 Å². The fourth-order valence-electron chi connectivity index (χ4n) is 5.32. The van der Waals surface area contributed by atoms with Gasteiger partial charge in [-0.05, 0) is 53.9 Å². The van der Waals surface area contributed by atoms with Crippen LogP contribution in [0.2, 0.25) is 0 Å². The third-order valence-electron chi connectivity index (χ3n) is 7.13. The molecule has 36 heavy (non-hydrogen) atoms. The molecule has 0 aliphatic rings. The fourth-order valence-corrected chi connectivity index (χ4v) is 5.32. The van der Waals surface area contributed by atoms with Crippen LogP contribution >= 0.6 is 0 Å². The van der Waals surface area contributed by atoms with Gasteiger partial charge in [-0.25, -0.2) is 0 Å². The summed E-state index contributed by atoms with van der Waals surface area (Å²) in [5, 5.41) is 3.86. The van der Waals surface area contributed by atoms with Crippen LogP contribution in [0.3, 0.4) is 0 Å². The zero-order valence-electron chi connectivity index (χ0n) is 20.8. The minimum absolute atomic E-state index is 1.07. The summed E-state index contributed by atoms with van der Waals surface area (Å²) in [7, 11) is 0. The highest BCUT2D eigenvalue weighted by Gasteiger charge is 2.13. The van der Waals surface area contributed by atoms with E-state index in [0.29, 0.717) is 0 Å². The van der Waals surface area contributed by atoms with Crippen molar-refractivity contribution in [2.75, 3.05) is 0 Å². The molecule has 2 heteroatoms. The fraction of sp³-hybridized carbons (Fsp3) is 0.147. The average molecular weight is 468 g/mol. The molecule has 6 rings (SSSR count). The molecule has 0 bridgehead atoms. The summed E-state index contributed by atoms with van der Waals surface area (Å²) in [5.74, 6) is 0. The minimum Gasteiger partial charge on any atom is -0.309 e. The van der Waals surface area contributed by atoms with Gasteiger partial charge in [0.15, 0.2) is 6.20 Å². The lowest BCUT2D eigenvalue weighted by atomic mass is 10.1. The number of para-hydroxylation sites is 3. The van der Waals surface area contributed by atoms with Crippen LogP contribution in [0, 0.1) is 0 Å². The Morgan fingerprint density at radius 1 is 0.667 bits per heavy atom. The van der Waals surface area contributed by atoms with Gasteiger partial charge in [0.25, 0.3) is 0 Å². The van der Waals surface area contributed by atoms with Gasteiger partial charge in [-0.2, -0.15) is 4.57 Å². The molecular formula is C34H31N2+. The van der Waals surface area contributed by atoms with Gasteiger partial charge in [0.2, 0.25) is 5.52 Å². The van der Waals surface area contributed by atoms with Crippen LogP contribution in [-0.4, -0.2) is 4.57 Å². The normalized spacial score (nSPS) is 11.8. The Morgan fingerprint density at radius 3 is 2.28 bits per heavy atom. The Hall–Kier alpha value is -4.17. The minimum atomic E-state index is 1.07. The molecule has 2 aromatic heterocycles. The van der Waals surface area contributed by atoms with Crippen molar-refractivity contribution in [3.8, 4) is 5.69 Å². The van der Waals surface area contributed by atoms with Gasteiger partial charge in [-0.15, -0.1) is 0 Å². The molecule has 0 unspecified atom stereocenters. The second-order valence-electron chi connectivity index (χ2n) is 9.49. The Kier molecular flexibility index (Phi) is 6.09. The van der Waals surface area contributed by atoms with Gasteiger partial charge in [0, 0.05) is 35.0 Å². The second kappa shape index (κ2) is 9.83. The summed E-state index contributed by atoms with van der Waals surface area (Å²) in [4.78, 5) is 0. The average Bonchev–Trinajstić information content (AvgIpc) is 3.27. The van der Waals surface area contributed by atoms with E-state index in [-0.39, 0.29) is 0 Å². The van der Waals surface area contributed by atoms with Gasteiger partial charge in [-0.1, -0.05) is 80.1 Å². The molecule has 2 heterocycles.